The van der Waals surface area contributed by atoms with Gasteiger partial charge in [-0.05, 0) is 105 Å². The van der Waals surface area contributed by atoms with E-state index in [2.05, 4.69) is 20.8 Å². The normalized spacial score (nSPS) is 22.8. The molecule has 676 valence electrons. The largest absolute Gasteiger partial charge is 0.497 e. The number of fused-ring (bicyclic) bond motifs is 1. The van der Waals surface area contributed by atoms with Gasteiger partial charge in [0, 0.05) is 19.4 Å². The molecule has 0 spiro atoms. The Labute approximate surface area is 754 Å². The molecule has 15 atom stereocenters. The van der Waals surface area contributed by atoms with Crippen LogP contribution in [0.3, 0.4) is 0 Å². The number of Topliss-reactive ketones (excluding diaryl/α,β-unsaturated/α-hetero) is 1. The molecule has 2 amide bonds. The number of carbonyl (C=O) groups is 6. The number of methoxy groups -OCH3 is 2. The summed E-state index contributed by atoms with van der Waals surface area (Å²) in [5.74, 6) is -3.26. The molecule has 10 aromatic rings. The third kappa shape index (κ3) is 24.5. The first-order valence-corrected chi connectivity index (χ1v) is 45.9. The molecule has 14 rings (SSSR count). The second-order valence-electron chi connectivity index (χ2n) is 33.4. The summed E-state index contributed by atoms with van der Waals surface area (Å²) in [5.41, 5.74) is 4.94. The minimum atomic E-state index is -3.74. The Kier molecular flexibility index (Phi) is 33.9. The first-order valence-electron chi connectivity index (χ1n) is 44.0. The van der Waals surface area contributed by atoms with Gasteiger partial charge in [-0.2, -0.15) is 0 Å². The lowest BCUT2D eigenvalue weighted by Crippen LogP contribution is -2.71. The van der Waals surface area contributed by atoms with Crippen LogP contribution in [0.15, 0.2) is 291 Å². The summed E-state index contributed by atoms with van der Waals surface area (Å²) >= 11 is 0. The molecule has 4 aliphatic heterocycles. The van der Waals surface area contributed by atoms with E-state index >= 15 is 19.2 Å². The number of benzene rings is 10. The molecule has 0 N–H and O–H groups in total. The maximum absolute atomic E-state index is 16.1. The molecule has 0 radical (unpaired) electrons. The fourth-order valence-electron chi connectivity index (χ4n) is 16.8. The molecular formula is C104H113NO23Si. The molecule has 10 aromatic carbocycles. The van der Waals surface area contributed by atoms with Crippen molar-refractivity contribution in [3.63, 3.8) is 0 Å². The molecule has 3 saturated heterocycles. The van der Waals surface area contributed by atoms with Crippen molar-refractivity contribution in [1.29, 1.82) is 0 Å². The van der Waals surface area contributed by atoms with Crippen LogP contribution in [0.25, 0.3) is 0 Å². The van der Waals surface area contributed by atoms with Gasteiger partial charge in [-0.3, -0.25) is 24.1 Å². The zero-order chi connectivity index (χ0) is 89.9. The Hall–Kier alpha value is -11.1. The second kappa shape index (κ2) is 46.4. The first-order chi connectivity index (χ1) is 62.9. The molecule has 24 nitrogen and oxygen atoms in total. The Morgan fingerprint density at radius 3 is 1.28 bits per heavy atom. The number of nitrogens with zero attached hydrogens (tertiary/aromatic N) is 1. The average Bonchev–Trinajstić information content (AvgIpc) is 1.48. The van der Waals surface area contributed by atoms with Crippen LogP contribution in [-0.4, -0.2) is 181 Å². The minimum absolute atomic E-state index is 0.00739. The molecule has 0 saturated carbocycles. The van der Waals surface area contributed by atoms with Gasteiger partial charge in [-0.1, -0.05) is 282 Å². The van der Waals surface area contributed by atoms with Crippen molar-refractivity contribution in [3.8, 4) is 5.75 Å². The van der Waals surface area contributed by atoms with E-state index in [0.29, 0.717) is 30.6 Å². The molecule has 129 heavy (non-hydrogen) atoms. The summed E-state index contributed by atoms with van der Waals surface area (Å²) in [6.07, 6.45) is -20.5. The highest BCUT2D eigenvalue weighted by atomic mass is 28.4. The number of hydrogen-bond donors (Lipinski definition) is 0. The lowest BCUT2D eigenvalue weighted by atomic mass is 9.93. The molecule has 0 aliphatic carbocycles. The molecule has 0 bridgehead atoms. The Bertz CT molecular complexity index is 5090. The van der Waals surface area contributed by atoms with Gasteiger partial charge in [-0.15, -0.1) is 0 Å². The molecule has 3 fully saturated rings. The van der Waals surface area contributed by atoms with Crippen molar-refractivity contribution >= 4 is 54.2 Å². The van der Waals surface area contributed by atoms with Crippen molar-refractivity contribution in [2.24, 2.45) is 0 Å². The van der Waals surface area contributed by atoms with Crippen LogP contribution in [0.2, 0.25) is 5.04 Å². The monoisotopic (exact) mass is 1770 g/mol. The molecular weight excluding hydrogens is 1660 g/mol. The predicted molar refractivity (Wildman–Crippen MR) is 481 cm³/mol. The number of esters is 3. The number of imide groups is 1. The Morgan fingerprint density at radius 2 is 0.791 bits per heavy atom. The van der Waals surface area contributed by atoms with Gasteiger partial charge in [0.05, 0.1) is 96.8 Å². The van der Waals surface area contributed by atoms with Gasteiger partial charge in [0.2, 0.25) is 0 Å². The van der Waals surface area contributed by atoms with E-state index in [4.69, 9.17) is 80.2 Å². The zero-order valence-electron chi connectivity index (χ0n) is 73.5. The topological polar surface area (TPSA) is 263 Å². The lowest BCUT2D eigenvalue weighted by Gasteiger charge is -2.52. The molecule has 4 heterocycles. The van der Waals surface area contributed by atoms with Crippen LogP contribution in [-0.2, 0) is 130 Å². The highest BCUT2D eigenvalue weighted by Crippen LogP contribution is 2.44. The van der Waals surface area contributed by atoms with E-state index in [1.54, 1.807) is 73.8 Å². The third-order valence-electron chi connectivity index (χ3n) is 23.4. The van der Waals surface area contributed by atoms with E-state index in [1.165, 1.54) is 14.0 Å². The van der Waals surface area contributed by atoms with E-state index in [1.807, 2.05) is 224 Å². The van der Waals surface area contributed by atoms with Gasteiger partial charge in [0.15, 0.2) is 31.1 Å². The third-order valence-corrected chi connectivity index (χ3v) is 28.4. The van der Waals surface area contributed by atoms with Crippen molar-refractivity contribution in [3.05, 3.63) is 341 Å². The van der Waals surface area contributed by atoms with Crippen LogP contribution in [0.5, 0.6) is 5.75 Å². The maximum Gasteiger partial charge on any atom is 0.338 e. The van der Waals surface area contributed by atoms with Crippen molar-refractivity contribution < 1.29 is 109 Å². The second-order valence-corrected chi connectivity index (χ2v) is 37.7. The van der Waals surface area contributed by atoms with Crippen LogP contribution in [0.1, 0.15) is 131 Å². The number of rotatable bonds is 44. The number of unbranched alkanes of at least 4 members (excludes halogenated alkanes) is 2. The summed E-state index contributed by atoms with van der Waals surface area (Å²) in [7, 11) is -0.829. The highest BCUT2D eigenvalue weighted by Gasteiger charge is 2.62. The first kappa shape index (κ1) is 94.0. The summed E-state index contributed by atoms with van der Waals surface area (Å²) in [5, 5.41) is 1.04. The van der Waals surface area contributed by atoms with Gasteiger partial charge < -0.3 is 85.0 Å². The van der Waals surface area contributed by atoms with Gasteiger partial charge in [0.1, 0.15) is 72.5 Å². The molecule has 0 aromatic heterocycles. The van der Waals surface area contributed by atoms with Gasteiger partial charge >= 0.3 is 17.9 Å². The lowest BCUT2D eigenvalue weighted by molar-refractivity contribution is -0.384. The van der Waals surface area contributed by atoms with E-state index in [9.17, 15) is 9.59 Å². The van der Waals surface area contributed by atoms with Crippen LogP contribution in [0.4, 0.5) is 0 Å². The number of ketones is 1. The quantitative estimate of drug-likeness (QED) is 0.0113. The predicted octanol–water partition coefficient (Wildman–Crippen LogP) is 15.2. The van der Waals surface area contributed by atoms with Crippen molar-refractivity contribution in [2.75, 3.05) is 40.6 Å². The van der Waals surface area contributed by atoms with Crippen LogP contribution < -0.4 is 15.1 Å². The smallest absolute Gasteiger partial charge is 0.338 e. The Balaban J connectivity index is 0.988. The van der Waals surface area contributed by atoms with Crippen molar-refractivity contribution in [1.82, 2.24) is 4.90 Å². The summed E-state index contributed by atoms with van der Waals surface area (Å²) in [4.78, 5) is 89.9. The summed E-state index contributed by atoms with van der Waals surface area (Å²) < 4.78 is 121. The number of amides is 2. The van der Waals surface area contributed by atoms with Gasteiger partial charge in [0.25, 0.3) is 20.1 Å². The fraction of sp³-hybridized carbons (Fsp3) is 0.365. The standard InChI is InChI=1S/C104H113NO23Si/c1-71(106)55-60-88(108)125-92-86(70-121-129(104(2,3)4,80-48-28-13-29-49-80)81-50-30-14-31-51-81)124-103(127-91-85(69-115-63-77-56-58-79(112-5)59-57-77)122-101(116-61-35-15-32-54-87(107)113-6)89(93(91)118-65-74-40-20-9-21-41-74)105-98(109)82-52-33-34-53-83(82)99(105)110)97(126-100(111)78-46-26-12-27-47-78)95(92)128-102-96(120-67-76-44-24-11-25-45-76)94(119-66-75-42-22-10-23-43-75)90(117-64-73-38-18-8-19-39-73)84(123-102)68-114-62-72-36-16-7-17-37-72/h7-14,16-31,33-34,36-53,56-59,84-86,89-97,101-103H,15,32,35,54-55,60-70H2,1-6H3/t84-,85-,86-,89-,90-,91-,92+,93-,94+,95+,96+,97-,101-,102-,103+/m1/s1. The Morgan fingerprint density at radius 1 is 0.372 bits per heavy atom. The van der Waals surface area contributed by atoms with E-state index in [-0.39, 0.29) is 101 Å². The fourth-order valence-corrected chi connectivity index (χ4v) is 21.4. The SMILES string of the molecule is COC(=O)CCCCCO[C@@H]1O[C@H](COCc2ccc(OC)cc2)[C@@H](O[C@@H]2O[C@H](CO[Si](c3ccccc3)(c3ccccc3)C(C)(C)C)[C@H](OC(=O)CCC(C)=O)[C@H](O[C@H]3O[C@H](COCc4ccccc4)[C@@H](OCc4ccccc4)[C@H](OCc4ccccc4)[C@@H]3OCc3ccccc3)[C@H]2OC(=O)c2ccccc2)[C@H](OCc2ccccc2)[C@H]1N1C(=O)c2ccccc2C1=O. The van der Waals surface area contributed by atoms with Crippen molar-refractivity contribution in [2.45, 2.75) is 203 Å². The van der Waals surface area contributed by atoms with Gasteiger partial charge in [-0.25, -0.2) is 4.79 Å². The summed E-state index contributed by atoms with van der Waals surface area (Å²) in [6.45, 7) is 6.79. The number of carbonyl (C=O) groups excluding carboxylic acids is 6. The highest BCUT2D eigenvalue weighted by molar-refractivity contribution is 6.99. The number of hydrogen-bond acceptors (Lipinski definition) is 23. The zero-order valence-corrected chi connectivity index (χ0v) is 74.5. The van der Waals surface area contributed by atoms with Crippen LogP contribution in [0, 0.1) is 0 Å². The van der Waals surface area contributed by atoms with Crippen LogP contribution >= 0.6 is 0 Å². The molecule has 4 aliphatic rings. The summed E-state index contributed by atoms with van der Waals surface area (Å²) in [6, 6.07) is 88.2. The maximum atomic E-state index is 16.1. The molecule has 25 heteroatoms. The molecule has 0 unspecified atom stereocenters. The van der Waals surface area contributed by atoms with E-state index in [0.717, 1.165) is 43.1 Å². The van der Waals surface area contributed by atoms with E-state index < -0.39 is 142 Å². The average molecular weight is 1770 g/mol. The number of ether oxygens (including phenoxy) is 16. The minimum Gasteiger partial charge on any atom is -0.497 e.